The fourth-order valence-corrected chi connectivity index (χ4v) is 2.55. The summed E-state index contributed by atoms with van der Waals surface area (Å²) in [6, 6.07) is 2.88. The first-order chi connectivity index (χ1) is 6.40. The molecule has 1 aliphatic carbocycles. The molecule has 1 nitrogen and oxygen atoms in total. The van der Waals surface area contributed by atoms with E-state index >= 15 is 0 Å². The van der Waals surface area contributed by atoms with Gasteiger partial charge in [-0.15, -0.1) is 0 Å². The van der Waals surface area contributed by atoms with E-state index in [0.717, 1.165) is 5.92 Å². The van der Waals surface area contributed by atoms with Crippen LogP contribution in [0.25, 0.3) is 0 Å². The summed E-state index contributed by atoms with van der Waals surface area (Å²) < 4.78 is 0. The van der Waals surface area contributed by atoms with Crippen LogP contribution in [0.4, 0.5) is 5.69 Å². The number of nitrogens with one attached hydrogen (secondary N) is 1. The highest BCUT2D eigenvalue weighted by atomic mass is 32.1. The average Bonchev–Trinajstić information content (AvgIpc) is 2.52. The number of thiophene rings is 1. The summed E-state index contributed by atoms with van der Waals surface area (Å²) in [6.07, 6.45) is 5.54. The lowest BCUT2D eigenvalue weighted by Crippen LogP contribution is -2.32. The van der Waals surface area contributed by atoms with Gasteiger partial charge in [0, 0.05) is 17.1 Å². The molecule has 72 valence electrons. The summed E-state index contributed by atoms with van der Waals surface area (Å²) in [4.78, 5) is 0. The van der Waals surface area contributed by atoms with Crippen molar-refractivity contribution in [1.82, 2.24) is 0 Å². The maximum Gasteiger partial charge on any atom is 0.0451 e. The Morgan fingerprint density at radius 2 is 2.46 bits per heavy atom. The van der Waals surface area contributed by atoms with Crippen LogP contribution >= 0.6 is 11.3 Å². The SMILES string of the molecule is CCC(Nc1ccsc1)C1CCC1. The summed E-state index contributed by atoms with van der Waals surface area (Å²) in [5, 5.41) is 7.95. The molecule has 1 saturated carbocycles. The lowest BCUT2D eigenvalue weighted by atomic mass is 9.79. The predicted octanol–water partition coefficient (Wildman–Crippen LogP) is 3.74. The molecule has 0 bridgehead atoms. The fraction of sp³-hybridized carbons (Fsp3) is 0.636. The first kappa shape index (κ1) is 9.07. The summed E-state index contributed by atoms with van der Waals surface area (Å²) in [5.74, 6) is 0.935. The van der Waals surface area contributed by atoms with E-state index in [4.69, 9.17) is 0 Å². The van der Waals surface area contributed by atoms with E-state index in [9.17, 15) is 0 Å². The van der Waals surface area contributed by atoms with Crippen LogP contribution in [0.5, 0.6) is 0 Å². The monoisotopic (exact) mass is 195 g/mol. The van der Waals surface area contributed by atoms with E-state index in [1.54, 1.807) is 11.3 Å². The molecule has 13 heavy (non-hydrogen) atoms. The summed E-state index contributed by atoms with van der Waals surface area (Å²) in [5.41, 5.74) is 1.31. The van der Waals surface area contributed by atoms with Crippen molar-refractivity contribution in [2.24, 2.45) is 5.92 Å². The standard InChI is InChI=1S/C11H17NS/c1-2-11(9-4-3-5-9)12-10-6-7-13-8-10/h6-9,11-12H,2-5H2,1H3. The number of hydrogen-bond donors (Lipinski definition) is 1. The molecule has 0 aliphatic heterocycles. The third-order valence-electron chi connectivity index (χ3n) is 3.03. The minimum absolute atomic E-state index is 0.711. The molecule has 1 aromatic rings. The second-order valence-electron chi connectivity index (χ2n) is 3.86. The molecule has 2 rings (SSSR count). The van der Waals surface area contributed by atoms with Gasteiger partial charge in [0.15, 0.2) is 0 Å². The molecular weight excluding hydrogens is 178 g/mol. The fourth-order valence-electron chi connectivity index (χ4n) is 1.96. The van der Waals surface area contributed by atoms with Gasteiger partial charge in [0.2, 0.25) is 0 Å². The van der Waals surface area contributed by atoms with Gasteiger partial charge in [-0.05, 0) is 36.6 Å². The van der Waals surface area contributed by atoms with Crippen molar-refractivity contribution in [3.63, 3.8) is 0 Å². The number of hydrogen-bond acceptors (Lipinski definition) is 2. The van der Waals surface area contributed by atoms with Crippen molar-refractivity contribution in [2.45, 2.75) is 38.6 Å². The Kier molecular flexibility index (Phi) is 2.89. The maximum absolute atomic E-state index is 3.62. The molecule has 0 radical (unpaired) electrons. The van der Waals surface area contributed by atoms with Gasteiger partial charge >= 0.3 is 0 Å². The molecule has 0 saturated heterocycles. The van der Waals surface area contributed by atoms with E-state index in [-0.39, 0.29) is 0 Å². The molecule has 1 heterocycles. The van der Waals surface area contributed by atoms with E-state index < -0.39 is 0 Å². The predicted molar refractivity (Wildman–Crippen MR) is 59.4 cm³/mol. The van der Waals surface area contributed by atoms with Gasteiger partial charge in [0.25, 0.3) is 0 Å². The van der Waals surface area contributed by atoms with Crippen LogP contribution in [-0.2, 0) is 0 Å². The second kappa shape index (κ2) is 4.14. The zero-order valence-electron chi connectivity index (χ0n) is 8.12. The second-order valence-corrected chi connectivity index (χ2v) is 4.64. The first-order valence-corrected chi connectivity index (χ1v) is 6.13. The van der Waals surface area contributed by atoms with Crippen molar-refractivity contribution in [3.8, 4) is 0 Å². The minimum Gasteiger partial charge on any atom is -0.381 e. The molecular formula is C11H17NS. The lowest BCUT2D eigenvalue weighted by molar-refractivity contribution is 0.270. The van der Waals surface area contributed by atoms with E-state index in [2.05, 4.69) is 29.1 Å². The Morgan fingerprint density at radius 1 is 1.62 bits per heavy atom. The Bertz CT molecular complexity index is 239. The quantitative estimate of drug-likeness (QED) is 0.771. The Balaban J connectivity index is 1.90. The first-order valence-electron chi connectivity index (χ1n) is 5.19. The van der Waals surface area contributed by atoms with E-state index in [1.807, 2.05) is 0 Å². The molecule has 0 amide bonds. The third-order valence-corrected chi connectivity index (χ3v) is 3.72. The van der Waals surface area contributed by atoms with Crippen LogP contribution in [0.2, 0.25) is 0 Å². The average molecular weight is 195 g/mol. The van der Waals surface area contributed by atoms with E-state index in [1.165, 1.54) is 31.4 Å². The largest absolute Gasteiger partial charge is 0.381 e. The van der Waals surface area contributed by atoms with Crippen LogP contribution < -0.4 is 5.32 Å². The Morgan fingerprint density at radius 3 is 2.92 bits per heavy atom. The van der Waals surface area contributed by atoms with Crippen molar-refractivity contribution < 1.29 is 0 Å². The molecule has 1 N–H and O–H groups in total. The van der Waals surface area contributed by atoms with Crippen molar-refractivity contribution >= 4 is 17.0 Å². The highest BCUT2D eigenvalue weighted by Gasteiger charge is 2.25. The van der Waals surface area contributed by atoms with Crippen molar-refractivity contribution in [2.75, 3.05) is 5.32 Å². The van der Waals surface area contributed by atoms with E-state index in [0.29, 0.717) is 6.04 Å². The molecule has 0 spiro atoms. The van der Waals surface area contributed by atoms with Gasteiger partial charge < -0.3 is 5.32 Å². The number of rotatable bonds is 4. The van der Waals surface area contributed by atoms with Gasteiger partial charge in [-0.3, -0.25) is 0 Å². The number of anilines is 1. The van der Waals surface area contributed by atoms with Crippen molar-refractivity contribution in [1.29, 1.82) is 0 Å². The molecule has 1 aromatic heterocycles. The zero-order chi connectivity index (χ0) is 9.10. The molecule has 2 heteroatoms. The van der Waals surface area contributed by atoms with Gasteiger partial charge in [-0.25, -0.2) is 0 Å². The third kappa shape index (κ3) is 2.05. The van der Waals surface area contributed by atoms with Crippen LogP contribution in [0.15, 0.2) is 16.8 Å². The normalized spacial score (nSPS) is 19.5. The van der Waals surface area contributed by atoms with Gasteiger partial charge in [-0.1, -0.05) is 13.3 Å². The van der Waals surface area contributed by atoms with Crippen LogP contribution in [0.1, 0.15) is 32.6 Å². The molecule has 1 aliphatic rings. The van der Waals surface area contributed by atoms with Crippen molar-refractivity contribution in [3.05, 3.63) is 16.8 Å². The van der Waals surface area contributed by atoms with Gasteiger partial charge in [0.05, 0.1) is 0 Å². The van der Waals surface area contributed by atoms with Crippen LogP contribution in [0, 0.1) is 5.92 Å². The van der Waals surface area contributed by atoms with Gasteiger partial charge in [0.1, 0.15) is 0 Å². The molecule has 1 unspecified atom stereocenters. The topological polar surface area (TPSA) is 12.0 Å². The summed E-state index contributed by atoms with van der Waals surface area (Å²) >= 11 is 1.77. The smallest absolute Gasteiger partial charge is 0.0451 e. The Hall–Kier alpha value is -0.500. The minimum atomic E-state index is 0.711. The maximum atomic E-state index is 3.62. The van der Waals surface area contributed by atoms with Crippen LogP contribution in [-0.4, -0.2) is 6.04 Å². The van der Waals surface area contributed by atoms with Crippen LogP contribution in [0.3, 0.4) is 0 Å². The summed E-state index contributed by atoms with van der Waals surface area (Å²) in [6.45, 7) is 2.28. The Labute approximate surface area is 84.2 Å². The lowest BCUT2D eigenvalue weighted by Gasteiger charge is -2.34. The zero-order valence-corrected chi connectivity index (χ0v) is 8.94. The molecule has 1 atom stereocenters. The highest BCUT2D eigenvalue weighted by molar-refractivity contribution is 7.08. The summed E-state index contributed by atoms with van der Waals surface area (Å²) in [7, 11) is 0. The van der Waals surface area contributed by atoms with Gasteiger partial charge in [-0.2, -0.15) is 11.3 Å². The molecule has 0 aromatic carbocycles. The highest BCUT2D eigenvalue weighted by Crippen LogP contribution is 2.32. The molecule has 1 fully saturated rings.